The molecule has 2 aromatic rings. The van der Waals surface area contributed by atoms with Gasteiger partial charge in [-0.25, -0.2) is 0 Å². The van der Waals surface area contributed by atoms with Crippen molar-refractivity contribution >= 4 is 5.91 Å². The van der Waals surface area contributed by atoms with Crippen LogP contribution in [0.3, 0.4) is 0 Å². The van der Waals surface area contributed by atoms with Gasteiger partial charge in [0.25, 0.3) is 5.91 Å². The van der Waals surface area contributed by atoms with E-state index in [1.54, 1.807) is 12.1 Å². The zero-order chi connectivity index (χ0) is 14.4. The van der Waals surface area contributed by atoms with Crippen molar-refractivity contribution in [1.29, 1.82) is 0 Å². The molecule has 0 bridgehead atoms. The third kappa shape index (κ3) is 3.96. The summed E-state index contributed by atoms with van der Waals surface area (Å²) in [6.45, 7) is 2.17. The minimum atomic E-state index is -0.609. The lowest BCUT2D eigenvalue weighted by Crippen LogP contribution is -2.33. The molecule has 0 spiro atoms. The maximum atomic E-state index is 11.8. The molecule has 2 rings (SSSR count). The number of nitrogens with one attached hydrogen (secondary N) is 1. The highest BCUT2D eigenvalue weighted by atomic mass is 16.3. The summed E-state index contributed by atoms with van der Waals surface area (Å²) >= 11 is 0. The molecule has 0 unspecified atom stereocenters. The number of aliphatic hydroxyl groups excluding tert-OH is 1. The number of furan rings is 1. The summed E-state index contributed by atoms with van der Waals surface area (Å²) in [6, 6.07) is 13.1. The number of benzene rings is 1. The molecule has 1 aromatic heterocycles. The van der Waals surface area contributed by atoms with E-state index in [9.17, 15) is 9.90 Å². The fourth-order valence-electron chi connectivity index (χ4n) is 1.95. The van der Waals surface area contributed by atoms with Crippen LogP contribution >= 0.6 is 0 Å². The van der Waals surface area contributed by atoms with Gasteiger partial charge in [0, 0.05) is 19.4 Å². The molecule has 2 N–H and O–H groups in total. The first kappa shape index (κ1) is 14.3. The van der Waals surface area contributed by atoms with Crippen LogP contribution in [-0.2, 0) is 12.8 Å². The average Bonchev–Trinajstić information content (AvgIpc) is 2.95. The number of aryl methyl sites for hydroxylation is 1. The quantitative estimate of drug-likeness (QED) is 0.848. The predicted octanol–water partition coefficient (Wildman–Crippen LogP) is 2.18. The SMILES string of the molecule is CCc1ccc(C(=O)NC[C@H](O)Cc2ccccc2)o1. The molecule has 0 saturated heterocycles. The molecular formula is C16H19NO3. The van der Waals surface area contributed by atoms with Gasteiger partial charge < -0.3 is 14.8 Å². The van der Waals surface area contributed by atoms with Crippen LogP contribution in [-0.4, -0.2) is 23.7 Å². The summed E-state index contributed by atoms with van der Waals surface area (Å²) in [5.41, 5.74) is 1.04. The summed E-state index contributed by atoms with van der Waals surface area (Å²) in [6.07, 6.45) is 0.658. The lowest BCUT2D eigenvalue weighted by atomic mass is 10.1. The predicted molar refractivity (Wildman–Crippen MR) is 76.6 cm³/mol. The van der Waals surface area contributed by atoms with E-state index < -0.39 is 6.10 Å². The highest BCUT2D eigenvalue weighted by molar-refractivity contribution is 5.91. The molecule has 0 aliphatic rings. The summed E-state index contributed by atoms with van der Waals surface area (Å²) in [5.74, 6) is 0.769. The van der Waals surface area contributed by atoms with Gasteiger partial charge in [-0.05, 0) is 17.7 Å². The Bertz CT molecular complexity index is 548. The molecule has 0 aliphatic heterocycles. The van der Waals surface area contributed by atoms with E-state index >= 15 is 0 Å². The number of rotatable bonds is 6. The van der Waals surface area contributed by atoms with Crippen LogP contribution < -0.4 is 5.32 Å². The van der Waals surface area contributed by atoms with Crippen molar-refractivity contribution in [3.05, 3.63) is 59.5 Å². The van der Waals surface area contributed by atoms with Crippen molar-refractivity contribution < 1.29 is 14.3 Å². The van der Waals surface area contributed by atoms with Crippen molar-refractivity contribution in [2.45, 2.75) is 25.9 Å². The van der Waals surface area contributed by atoms with Gasteiger partial charge in [-0.1, -0.05) is 37.3 Å². The van der Waals surface area contributed by atoms with Crippen LogP contribution in [0.1, 0.15) is 28.8 Å². The first-order chi connectivity index (χ1) is 9.69. The van der Waals surface area contributed by atoms with Crippen molar-refractivity contribution in [3.63, 3.8) is 0 Å². The lowest BCUT2D eigenvalue weighted by molar-refractivity contribution is 0.0887. The van der Waals surface area contributed by atoms with Gasteiger partial charge >= 0.3 is 0 Å². The number of carbonyl (C=O) groups excluding carboxylic acids is 1. The molecule has 4 heteroatoms. The topological polar surface area (TPSA) is 62.5 Å². The molecule has 0 saturated carbocycles. The Labute approximate surface area is 118 Å². The standard InChI is InChI=1S/C16H19NO3/c1-2-14-8-9-15(20-14)16(19)17-11-13(18)10-12-6-4-3-5-7-12/h3-9,13,18H,2,10-11H2,1H3,(H,17,19)/t13-/m1/s1. The molecule has 20 heavy (non-hydrogen) atoms. The summed E-state index contributed by atoms with van der Waals surface area (Å²) < 4.78 is 5.35. The van der Waals surface area contributed by atoms with Gasteiger partial charge in [-0.3, -0.25) is 4.79 Å². The Morgan fingerprint density at radius 3 is 2.65 bits per heavy atom. The monoisotopic (exact) mass is 273 g/mol. The van der Waals surface area contributed by atoms with Crippen molar-refractivity contribution in [3.8, 4) is 0 Å². The van der Waals surface area contributed by atoms with Crippen LogP contribution in [0.25, 0.3) is 0 Å². The molecule has 106 valence electrons. The van der Waals surface area contributed by atoms with E-state index in [1.165, 1.54) is 0 Å². The molecule has 0 aliphatic carbocycles. The van der Waals surface area contributed by atoms with Gasteiger partial charge in [0.2, 0.25) is 0 Å². The van der Waals surface area contributed by atoms with Gasteiger partial charge in [0.05, 0.1) is 6.10 Å². The summed E-state index contributed by atoms with van der Waals surface area (Å²) in [5, 5.41) is 12.6. The molecule has 1 atom stereocenters. The first-order valence-corrected chi connectivity index (χ1v) is 6.78. The highest BCUT2D eigenvalue weighted by Gasteiger charge is 2.12. The van der Waals surface area contributed by atoms with E-state index in [1.807, 2.05) is 37.3 Å². The van der Waals surface area contributed by atoms with Gasteiger partial charge in [0.1, 0.15) is 5.76 Å². The van der Waals surface area contributed by atoms with Gasteiger partial charge in [0.15, 0.2) is 5.76 Å². The number of amides is 1. The fourth-order valence-corrected chi connectivity index (χ4v) is 1.95. The molecular weight excluding hydrogens is 254 g/mol. The summed E-state index contributed by atoms with van der Waals surface area (Å²) in [4.78, 5) is 11.8. The van der Waals surface area contributed by atoms with E-state index in [0.717, 1.165) is 17.7 Å². The Morgan fingerprint density at radius 2 is 2.00 bits per heavy atom. The Morgan fingerprint density at radius 1 is 1.25 bits per heavy atom. The second-order valence-corrected chi connectivity index (χ2v) is 4.67. The van der Waals surface area contributed by atoms with E-state index in [-0.39, 0.29) is 18.2 Å². The van der Waals surface area contributed by atoms with Crippen LogP contribution in [0.5, 0.6) is 0 Å². The number of carbonyl (C=O) groups is 1. The number of aliphatic hydroxyl groups is 1. The molecule has 1 aromatic carbocycles. The van der Waals surface area contributed by atoms with Crippen molar-refractivity contribution in [1.82, 2.24) is 5.32 Å². The normalized spacial score (nSPS) is 12.1. The molecule has 4 nitrogen and oxygen atoms in total. The second kappa shape index (κ2) is 6.91. The Hall–Kier alpha value is -2.07. The van der Waals surface area contributed by atoms with E-state index in [2.05, 4.69) is 5.32 Å². The molecule has 0 fully saturated rings. The van der Waals surface area contributed by atoms with Gasteiger partial charge in [-0.2, -0.15) is 0 Å². The van der Waals surface area contributed by atoms with Crippen LogP contribution in [0.15, 0.2) is 46.9 Å². The molecule has 1 heterocycles. The van der Waals surface area contributed by atoms with Crippen molar-refractivity contribution in [2.24, 2.45) is 0 Å². The Kier molecular flexibility index (Phi) is 4.96. The maximum Gasteiger partial charge on any atom is 0.287 e. The molecule has 0 radical (unpaired) electrons. The third-order valence-electron chi connectivity index (χ3n) is 3.05. The maximum absolute atomic E-state index is 11.8. The minimum Gasteiger partial charge on any atom is -0.456 e. The Balaban J connectivity index is 1.81. The third-order valence-corrected chi connectivity index (χ3v) is 3.05. The van der Waals surface area contributed by atoms with Crippen LogP contribution in [0, 0.1) is 0 Å². The fraction of sp³-hybridized carbons (Fsp3) is 0.312. The zero-order valence-corrected chi connectivity index (χ0v) is 11.5. The van der Waals surface area contributed by atoms with E-state index in [0.29, 0.717) is 6.42 Å². The van der Waals surface area contributed by atoms with E-state index in [4.69, 9.17) is 4.42 Å². The summed E-state index contributed by atoms with van der Waals surface area (Å²) in [7, 11) is 0. The highest BCUT2D eigenvalue weighted by Crippen LogP contribution is 2.08. The second-order valence-electron chi connectivity index (χ2n) is 4.67. The number of hydrogen-bond donors (Lipinski definition) is 2. The smallest absolute Gasteiger partial charge is 0.287 e. The number of hydrogen-bond acceptors (Lipinski definition) is 3. The zero-order valence-electron chi connectivity index (χ0n) is 11.5. The average molecular weight is 273 g/mol. The van der Waals surface area contributed by atoms with Crippen LogP contribution in [0.4, 0.5) is 0 Å². The molecule has 1 amide bonds. The minimum absolute atomic E-state index is 0.204. The largest absolute Gasteiger partial charge is 0.456 e. The first-order valence-electron chi connectivity index (χ1n) is 6.78. The lowest BCUT2D eigenvalue weighted by Gasteiger charge is -2.11. The van der Waals surface area contributed by atoms with Crippen molar-refractivity contribution in [2.75, 3.05) is 6.54 Å². The van der Waals surface area contributed by atoms with Crippen LogP contribution in [0.2, 0.25) is 0 Å². The van der Waals surface area contributed by atoms with Gasteiger partial charge in [-0.15, -0.1) is 0 Å².